The van der Waals surface area contributed by atoms with E-state index in [0.29, 0.717) is 0 Å². The lowest BCUT2D eigenvalue weighted by atomic mass is 9.74. The first-order chi connectivity index (χ1) is 7.55. The van der Waals surface area contributed by atoms with Gasteiger partial charge in [0.05, 0.1) is 10.9 Å². The Morgan fingerprint density at radius 3 is 2.24 bits per heavy atom. The fraction of sp³-hybridized carbons (Fsp3) is 0.900. The van der Waals surface area contributed by atoms with Crippen LogP contribution in [-0.2, 0) is 14.9 Å². The van der Waals surface area contributed by atoms with Gasteiger partial charge in [0.1, 0.15) is 10.1 Å². The van der Waals surface area contributed by atoms with Gasteiger partial charge in [0.25, 0.3) is 0 Å². The topological polar surface area (TPSA) is 118 Å². The van der Waals surface area contributed by atoms with Crippen molar-refractivity contribution in [1.29, 1.82) is 0 Å². The summed E-state index contributed by atoms with van der Waals surface area (Å²) in [6.45, 7) is 2.54. The van der Waals surface area contributed by atoms with E-state index in [4.69, 9.17) is 0 Å². The lowest BCUT2D eigenvalue weighted by Crippen LogP contribution is -2.47. The number of carboxylic acid groups (broad SMARTS) is 1. The second kappa shape index (κ2) is 4.55. The van der Waals surface area contributed by atoms with Crippen LogP contribution in [0.2, 0.25) is 0 Å². The van der Waals surface area contributed by atoms with Gasteiger partial charge >= 0.3 is 0 Å². The molecule has 0 aromatic heterocycles. The number of aliphatic carboxylic acids is 1. The molecule has 6 nitrogen and oxygen atoms in total. The van der Waals surface area contributed by atoms with E-state index >= 15 is 0 Å². The van der Waals surface area contributed by atoms with E-state index in [1.807, 2.05) is 0 Å². The minimum absolute atomic E-state index is 0.0494. The van der Waals surface area contributed by atoms with Crippen LogP contribution < -0.4 is 5.11 Å². The van der Waals surface area contributed by atoms with Crippen molar-refractivity contribution in [3.8, 4) is 0 Å². The molecule has 1 saturated carbocycles. The summed E-state index contributed by atoms with van der Waals surface area (Å²) in [7, 11) is -4.55. The number of hydrogen-bond donors (Lipinski definition) is 1. The first-order valence-electron chi connectivity index (χ1n) is 5.40. The van der Waals surface area contributed by atoms with Crippen molar-refractivity contribution < 1.29 is 28.0 Å². The summed E-state index contributed by atoms with van der Waals surface area (Å²) in [6.07, 6.45) is -0.683. The number of carbonyl (C=O) groups excluding carboxylic acids is 1. The smallest absolute Gasteiger partial charge is 0.100 e. The van der Waals surface area contributed by atoms with Crippen molar-refractivity contribution >= 4 is 16.1 Å². The highest BCUT2D eigenvalue weighted by Gasteiger charge is 2.41. The van der Waals surface area contributed by atoms with E-state index in [1.165, 1.54) is 13.8 Å². The maximum atomic E-state index is 11.1. The van der Waals surface area contributed by atoms with E-state index in [1.54, 1.807) is 0 Å². The maximum absolute atomic E-state index is 11.1. The number of aliphatic hydroxyl groups is 1. The molecule has 3 atom stereocenters. The van der Waals surface area contributed by atoms with Gasteiger partial charge in [0.15, 0.2) is 0 Å². The van der Waals surface area contributed by atoms with Gasteiger partial charge in [-0.25, -0.2) is 8.42 Å². The molecule has 0 radical (unpaired) electrons. The van der Waals surface area contributed by atoms with Crippen LogP contribution in [0.1, 0.15) is 33.1 Å². The molecule has 0 heterocycles. The molecule has 100 valence electrons. The number of hydrogen-bond acceptors (Lipinski definition) is 6. The number of rotatable bonds is 3. The summed E-state index contributed by atoms with van der Waals surface area (Å²) in [5.74, 6) is -2.88. The van der Waals surface area contributed by atoms with Crippen molar-refractivity contribution in [2.75, 3.05) is 0 Å². The molecule has 1 fully saturated rings. The molecule has 3 unspecified atom stereocenters. The van der Waals surface area contributed by atoms with Crippen LogP contribution in [0.4, 0.5) is 0 Å². The monoisotopic (exact) mass is 264 g/mol. The average Bonchev–Trinajstić information content (AvgIpc) is 2.14. The molecule has 0 amide bonds. The highest BCUT2D eigenvalue weighted by atomic mass is 32.2. The predicted molar refractivity (Wildman–Crippen MR) is 55.6 cm³/mol. The first-order valence-corrected chi connectivity index (χ1v) is 6.81. The highest BCUT2D eigenvalue weighted by molar-refractivity contribution is 7.87. The molecule has 1 N–H and O–H groups in total. The molecule has 1 rings (SSSR count). The molecule has 17 heavy (non-hydrogen) atoms. The van der Waals surface area contributed by atoms with Crippen LogP contribution in [0.25, 0.3) is 0 Å². The third-order valence-corrected chi connectivity index (χ3v) is 5.27. The summed E-state index contributed by atoms with van der Waals surface area (Å²) in [6, 6.07) is 0. The summed E-state index contributed by atoms with van der Waals surface area (Å²) in [5.41, 5.74) is 0. The fourth-order valence-corrected chi connectivity index (χ4v) is 2.85. The van der Waals surface area contributed by atoms with Crippen LogP contribution in [0.15, 0.2) is 0 Å². The second-order valence-electron chi connectivity index (χ2n) is 5.13. The Bertz CT molecular complexity index is 399. The maximum Gasteiger partial charge on any atom is 0.100 e. The molecule has 0 spiro atoms. The molecule has 7 heteroatoms. The third-order valence-electron chi connectivity index (χ3n) is 3.64. The largest absolute Gasteiger partial charge is 0.748 e. The van der Waals surface area contributed by atoms with Crippen LogP contribution in [0.3, 0.4) is 0 Å². The molecule has 0 aromatic rings. The van der Waals surface area contributed by atoms with Crippen molar-refractivity contribution in [3.05, 3.63) is 0 Å². The first kappa shape index (κ1) is 14.4. The summed E-state index contributed by atoms with van der Waals surface area (Å²) in [5, 5.41) is 20.3. The van der Waals surface area contributed by atoms with Gasteiger partial charge in [-0.2, -0.15) is 0 Å². The van der Waals surface area contributed by atoms with Crippen LogP contribution in [0.5, 0.6) is 0 Å². The number of carbonyl (C=O) groups is 1. The zero-order valence-electron chi connectivity index (χ0n) is 9.75. The average molecular weight is 264 g/mol. The lowest BCUT2D eigenvalue weighted by Gasteiger charge is -2.42. The normalized spacial score (nSPS) is 31.2. The number of aliphatic hydroxyl groups excluding tert-OH is 1. The molecule has 0 aliphatic heterocycles. The van der Waals surface area contributed by atoms with Gasteiger partial charge in [0.2, 0.25) is 0 Å². The van der Waals surface area contributed by atoms with Gasteiger partial charge in [0, 0.05) is 11.9 Å². The Balaban J connectivity index is 2.95. The van der Waals surface area contributed by atoms with Gasteiger partial charge in [-0.05, 0) is 39.0 Å². The Hall–Kier alpha value is -0.660. The Morgan fingerprint density at radius 2 is 1.82 bits per heavy atom. The molecule has 0 saturated heterocycles. The molecular formula is C10H16O6S-2. The molecule has 1 aliphatic carbocycles. The van der Waals surface area contributed by atoms with Crippen LogP contribution >= 0.6 is 0 Å². The van der Waals surface area contributed by atoms with E-state index in [0.717, 1.165) is 0 Å². The van der Waals surface area contributed by atoms with Crippen LogP contribution in [-0.4, -0.2) is 34.9 Å². The molecular weight excluding hydrogens is 248 g/mol. The van der Waals surface area contributed by atoms with Crippen molar-refractivity contribution in [2.45, 2.75) is 44.0 Å². The Morgan fingerprint density at radius 1 is 1.29 bits per heavy atom. The summed E-state index contributed by atoms with van der Waals surface area (Å²) >= 11 is 0. The predicted octanol–water partition coefficient (Wildman–Crippen LogP) is -1.16. The van der Waals surface area contributed by atoms with E-state index in [9.17, 15) is 28.0 Å². The molecule has 1 aliphatic rings. The Kier molecular flexibility index (Phi) is 3.85. The van der Waals surface area contributed by atoms with Crippen molar-refractivity contribution in [3.63, 3.8) is 0 Å². The number of carboxylic acids is 1. The quantitative estimate of drug-likeness (QED) is 0.642. The van der Waals surface area contributed by atoms with Crippen molar-refractivity contribution in [2.24, 2.45) is 11.8 Å². The third kappa shape index (κ3) is 2.97. The van der Waals surface area contributed by atoms with E-state index in [-0.39, 0.29) is 19.3 Å². The Labute approximate surface area is 100 Å². The van der Waals surface area contributed by atoms with E-state index in [2.05, 4.69) is 0 Å². The van der Waals surface area contributed by atoms with Gasteiger partial charge < -0.3 is 19.6 Å². The van der Waals surface area contributed by atoms with E-state index < -0.39 is 38.8 Å². The zero-order chi connectivity index (χ0) is 13.4. The minimum atomic E-state index is -4.55. The summed E-state index contributed by atoms with van der Waals surface area (Å²) in [4.78, 5) is 10.8. The zero-order valence-corrected chi connectivity index (χ0v) is 10.6. The van der Waals surface area contributed by atoms with Crippen LogP contribution in [0, 0.1) is 11.8 Å². The highest BCUT2D eigenvalue weighted by Crippen LogP contribution is 2.39. The molecule has 0 bridgehead atoms. The molecule has 0 aromatic carbocycles. The van der Waals surface area contributed by atoms with Gasteiger partial charge in [-0.1, -0.05) is 0 Å². The minimum Gasteiger partial charge on any atom is -0.748 e. The standard InChI is InChI=1S/C10H18O6S/c1-10(2,17(14,15)16)7-3-6(9(12)13)4-8(11)5-7/h6-8,11H,3-5H2,1-2H3,(H,12,13)(H,14,15,16)/p-2. The fourth-order valence-electron chi connectivity index (χ4n) is 2.25. The second-order valence-corrected chi connectivity index (χ2v) is 7.09. The van der Waals surface area contributed by atoms with Crippen molar-refractivity contribution in [1.82, 2.24) is 0 Å². The lowest BCUT2D eigenvalue weighted by molar-refractivity contribution is -0.313. The SMILES string of the molecule is CC(C)(C1CC(O)CC(C(=O)[O-])C1)S(=O)(=O)[O-]. The van der Waals surface area contributed by atoms with Gasteiger partial charge in [-0.15, -0.1) is 0 Å². The van der Waals surface area contributed by atoms with Gasteiger partial charge in [-0.3, -0.25) is 0 Å². The summed E-state index contributed by atoms with van der Waals surface area (Å²) < 4.78 is 31.8.